The minimum atomic E-state index is -0.371. The first-order chi connectivity index (χ1) is 15.5. The second-order valence-electron chi connectivity index (χ2n) is 8.14. The Hall–Kier alpha value is -3.19. The van der Waals surface area contributed by atoms with Crippen LogP contribution in [0.15, 0.2) is 54.6 Å². The molecule has 0 radical (unpaired) electrons. The highest BCUT2D eigenvalue weighted by Crippen LogP contribution is 2.27. The van der Waals surface area contributed by atoms with Crippen LogP contribution in [0.4, 0.5) is 4.39 Å². The van der Waals surface area contributed by atoms with E-state index in [4.69, 9.17) is 4.74 Å². The van der Waals surface area contributed by atoms with E-state index in [2.05, 4.69) is 10.4 Å². The molecule has 1 atom stereocenters. The van der Waals surface area contributed by atoms with Gasteiger partial charge in [0.05, 0.1) is 5.69 Å². The molecular weight excluding hydrogens is 407 g/mol. The van der Waals surface area contributed by atoms with Crippen LogP contribution in [0.3, 0.4) is 0 Å². The first kappa shape index (κ1) is 22.0. The fourth-order valence-corrected chi connectivity index (χ4v) is 4.05. The van der Waals surface area contributed by atoms with Crippen molar-refractivity contribution in [3.63, 3.8) is 0 Å². The fraction of sp³-hybridized carbons (Fsp3) is 0.360. The van der Waals surface area contributed by atoms with E-state index in [1.165, 1.54) is 6.07 Å². The number of amides is 1. The predicted molar refractivity (Wildman–Crippen MR) is 121 cm³/mol. The molecule has 2 aromatic carbocycles. The summed E-state index contributed by atoms with van der Waals surface area (Å²) in [5.41, 5.74) is 2.90. The normalized spacial score (nSPS) is 14.7. The average Bonchev–Trinajstić information content (AvgIpc) is 3.11. The van der Waals surface area contributed by atoms with Crippen molar-refractivity contribution in [3.8, 4) is 5.75 Å². The first-order valence-electron chi connectivity index (χ1n) is 11.0. The monoisotopic (exact) mass is 436 g/mol. The summed E-state index contributed by atoms with van der Waals surface area (Å²) in [6.07, 6.45) is 1.37. The number of hydrogen-bond donors (Lipinski definition) is 1. The van der Waals surface area contributed by atoms with E-state index in [1.54, 1.807) is 27.8 Å². The number of rotatable bonds is 8. The Balaban J connectivity index is 1.48. The molecule has 0 saturated heterocycles. The number of aryl methyl sites for hydroxylation is 2. The third-order valence-corrected chi connectivity index (χ3v) is 5.70. The number of fused-ring (bicyclic) bond motifs is 1. The Bertz CT molecular complexity index is 1070. The highest BCUT2D eigenvalue weighted by Gasteiger charge is 2.25. The largest absolute Gasteiger partial charge is 0.486 e. The summed E-state index contributed by atoms with van der Waals surface area (Å²) >= 11 is 0. The predicted octanol–water partition coefficient (Wildman–Crippen LogP) is 4.11. The maximum atomic E-state index is 15.0. The number of benzene rings is 2. The number of carbonyl (C=O) groups is 1. The Morgan fingerprint density at radius 2 is 1.97 bits per heavy atom. The van der Waals surface area contributed by atoms with Crippen molar-refractivity contribution >= 4 is 5.91 Å². The Labute approximate surface area is 188 Å². The molecule has 0 bridgehead atoms. The van der Waals surface area contributed by atoms with E-state index >= 15 is 0 Å². The van der Waals surface area contributed by atoms with Gasteiger partial charge in [-0.05, 0) is 44.6 Å². The van der Waals surface area contributed by atoms with Crippen molar-refractivity contribution < 1.29 is 13.9 Å². The van der Waals surface area contributed by atoms with E-state index in [1.807, 2.05) is 44.3 Å². The van der Waals surface area contributed by atoms with Crippen molar-refractivity contribution in [1.82, 2.24) is 20.0 Å². The Kier molecular flexibility index (Phi) is 6.85. The van der Waals surface area contributed by atoms with Crippen molar-refractivity contribution in [2.75, 3.05) is 20.1 Å². The number of aromatic nitrogens is 2. The molecule has 1 aliphatic rings. The van der Waals surface area contributed by atoms with Crippen LogP contribution in [-0.4, -0.2) is 40.7 Å². The molecule has 6 nitrogen and oxygen atoms in total. The minimum Gasteiger partial charge on any atom is -0.486 e. The van der Waals surface area contributed by atoms with Gasteiger partial charge in [0.25, 0.3) is 5.91 Å². The van der Waals surface area contributed by atoms with Crippen LogP contribution < -0.4 is 10.1 Å². The van der Waals surface area contributed by atoms with Crippen molar-refractivity contribution in [2.45, 2.75) is 39.0 Å². The van der Waals surface area contributed by atoms with Crippen LogP contribution in [0.5, 0.6) is 5.75 Å². The molecule has 1 amide bonds. The molecule has 1 N–H and O–H groups in total. The second-order valence-corrected chi connectivity index (χ2v) is 8.14. The molecule has 7 heteroatoms. The maximum absolute atomic E-state index is 15.0. The highest BCUT2D eigenvalue weighted by atomic mass is 19.1. The van der Waals surface area contributed by atoms with Crippen molar-refractivity contribution in [2.24, 2.45) is 0 Å². The van der Waals surface area contributed by atoms with E-state index in [-0.39, 0.29) is 24.4 Å². The van der Waals surface area contributed by atoms with E-state index < -0.39 is 0 Å². The lowest BCUT2D eigenvalue weighted by Crippen LogP contribution is -2.31. The van der Waals surface area contributed by atoms with Gasteiger partial charge in [0.1, 0.15) is 23.4 Å². The van der Waals surface area contributed by atoms with E-state index in [9.17, 15) is 9.18 Å². The van der Waals surface area contributed by atoms with Crippen LogP contribution in [0, 0.1) is 12.7 Å². The summed E-state index contributed by atoms with van der Waals surface area (Å²) in [4.78, 5) is 14.6. The number of hydrogen-bond acceptors (Lipinski definition) is 4. The van der Waals surface area contributed by atoms with Gasteiger partial charge in [0.2, 0.25) is 0 Å². The van der Waals surface area contributed by atoms with Gasteiger partial charge in [-0.15, -0.1) is 0 Å². The molecule has 0 fully saturated rings. The van der Waals surface area contributed by atoms with Gasteiger partial charge < -0.3 is 15.0 Å². The van der Waals surface area contributed by atoms with Gasteiger partial charge in [-0.3, -0.25) is 9.48 Å². The first-order valence-corrected chi connectivity index (χ1v) is 11.0. The van der Waals surface area contributed by atoms with Crippen LogP contribution in [0.1, 0.15) is 46.3 Å². The lowest BCUT2D eigenvalue weighted by Gasteiger charge is -2.22. The summed E-state index contributed by atoms with van der Waals surface area (Å²) in [6, 6.07) is 16.7. The molecule has 1 aromatic heterocycles. The van der Waals surface area contributed by atoms with Gasteiger partial charge >= 0.3 is 0 Å². The lowest BCUT2D eigenvalue weighted by molar-refractivity contribution is 0.0744. The zero-order valence-electron chi connectivity index (χ0n) is 18.6. The van der Waals surface area contributed by atoms with Crippen molar-refractivity contribution in [3.05, 3.63) is 82.9 Å². The number of halogens is 1. The number of carbonyl (C=O) groups excluding carboxylic acids is 1. The molecule has 0 saturated carbocycles. The molecule has 2 heterocycles. The smallest absolute Gasteiger partial charge is 0.272 e. The fourth-order valence-electron chi connectivity index (χ4n) is 4.05. The summed E-state index contributed by atoms with van der Waals surface area (Å²) < 4.78 is 22.9. The third kappa shape index (κ3) is 4.99. The van der Waals surface area contributed by atoms with Gasteiger partial charge in [-0.25, -0.2) is 4.39 Å². The number of ether oxygens (including phenoxy) is 1. The molecule has 0 aliphatic carbocycles. The summed E-state index contributed by atoms with van der Waals surface area (Å²) in [5.74, 6) is -0.00389. The highest BCUT2D eigenvalue weighted by molar-refractivity contribution is 5.92. The van der Waals surface area contributed by atoms with Gasteiger partial charge in [-0.2, -0.15) is 5.10 Å². The molecule has 4 rings (SSSR count). The van der Waals surface area contributed by atoms with Crippen LogP contribution in [0.25, 0.3) is 0 Å². The van der Waals surface area contributed by atoms with Crippen LogP contribution in [-0.2, 0) is 13.1 Å². The minimum absolute atomic E-state index is 0.112. The van der Waals surface area contributed by atoms with Crippen LogP contribution in [0.2, 0.25) is 0 Å². The SMILES string of the molecule is CNCCC(Oc1ccc(CN2CCCn3nc(C)cc3C2=O)c(F)c1)c1ccccc1. The molecule has 3 aromatic rings. The summed E-state index contributed by atoms with van der Waals surface area (Å²) in [7, 11) is 1.90. The quantitative estimate of drug-likeness (QED) is 0.578. The zero-order valence-corrected chi connectivity index (χ0v) is 18.6. The molecule has 0 spiro atoms. The zero-order chi connectivity index (χ0) is 22.5. The maximum Gasteiger partial charge on any atom is 0.272 e. The van der Waals surface area contributed by atoms with Gasteiger partial charge in [0.15, 0.2) is 0 Å². The topological polar surface area (TPSA) is 59.4 Å². The van der Waals surface area contributed by atoms with Crippen molar-refractivity contribution in [1.29, 1.82) is 0 Å². The number of nitrogens with one attached hydrogen (secondary N) is 1. The summed E-state index contributed by atoms with van der Waals surface area (Å²) in [5, 5.41) is 7.52. The van der Waals surface area contributed by atoms with Crippen LogP contribution >= 0.6 is 0 Å². The molecule has 1 aliphatic heterocycles. The van der Waals surface area contributed by atoms with Gasteiger partial charge in [0, 0.05) is 37.7 Å². The molecule has 1 unspecified atom stereocenters. The van der Waals surface area contributed by atoms with Gasteiger partial charge in [-0.1, -0.05) is 36.4 Å². The third-order valence-electron chi connectivity index (χ3n) is 5.70. The Morgan fingerprint density at radius 3 is 2.72 bits per heavy atom. The average molecular weight is 437 g/mol. The second kappa shape index (κ2) is 9.96. The number of nitrogens with zero attached hydrogens (tertiary/aromatic N) is 3. The summed E-state index contributed by atoms with van der Waals surface area (Å²) in [6.45, 7) is 4.13. The Morgan fingerprint density at radius 1 is 1.16 bits per heavy atom. The molecule has 168 valence electrons. The molecule has 32 heavy (non-hydrogen) atoms. The van der Waals surface area contributed by atoms with E-state index in [0.29, 0.717) is 30.1 Å². The standard InChI is InChI=1S/C25H29FN4O2/c1-18-15-23-25(31)29(13-6-14-30(23)28-18)17-20-9-10-21(16-22(20)26)32-24(11-12-27-2)19-7-4-3-5-8-19/h3-5,7-10,15-16,24,27H,6,11-14,17H2,1-2H3. The molecular formula is C25H29FN4O2. The lowest BCUT2D eigenvalue weighted by atomic mass is 10.1. The van der Waals surface area contributed by atoms with E-state index in [0.717, 1.165) is 30.6 Å².